The van der Waals surface area contributed by atoms with Crippen LogP contribution in [0.3, 0.4) is 0 Å². The van der Waals surface area contributed by atoms with Crippen molar-refractivity contribution in [1.82, 2.24) is 4.98 Å². The molecule has 0 radical (unpaired) electrons. The zero-order valence-electron chi connectivity index (χ0n) is 8.98. The molecule has 1 heterocycles. The summed E-state index contributed by atoms with van der Waals surface area (Å²) in [7, 11) is 0. The Kier molecular flexibility index (Phi) is 3.57. The highest BCUT2D eigenvalue weighted by molar-refractivity contribution is 9.10. The van der Waals surface area contributed by atoms with Crippen molar-refractivity contribution in [3.63, 3.8) is 0 Å². The van der Waals surface area contributed by atoms with Crippen molar-refractivity contribution >= 4 is 15.9 Å². The summed E-state index contributed by atoms with van der Waals surface area (Å²) in [6.07, 6.45) is 1.00. The number of aryl methyl sites for hydroxylation is 1. The molecule has 2 aromatic rings. The van der Waals surface area contributed by atoms with Gasteiger partial charge in [-0.25, -0.2) is 4.98 Å². The van der Waals surface area contributed by atoms with Crippen molar-refractivity contribution in [1.29, 1.82) is 0 Å². The lowest BCUT2D eigenvalue weighted by Gasteiger charge is -2.05. The fourth-order valence-corrected chi connectivity index (χ4v) is 1.72. The van der Waals surface area contributed by atoms with Crippen LogP contribution in [-0.2, 0) is 6.42 Å². The van der Waals surface area contributed by atoms with Crippen LogP contribution in [0.4, 0.5) is 0 Å². The van der Waals surface area contributed by atoms with Gasteiger partial charge >= 0.3 is 0 Å². The predicted molar refractivity (Wildman–Crippen MR) is 67.8 cm³/mol. The molecule has 16 heavy (non-hydrogen) atoms. The monoisotopic (exact) mass is 277 g/mol. The number of rotatable bonds is 3. The largest absolute Gasteiger partial charge is 0.439 e. The molecular formula is C13H12BrNO. The lowest BCUT2D eigenvalue weighted by molar-refractivity contribution is 0.461. The third-order valence-corrected chi connectivity index (χ3v) is 2.66. The highest BCUT2D eigenvalue weighted by Gasteiger charge is 1.99. The molecule has 2 rings (SSSR count). The molecule has 2 nitrogen and oxygen atoms in total. The Morgan fingerprint density at radius 3 is 2.75 bits per heavy atom. The number of aromatic nitrogens is 1. The molecule has 0 saturated heterocycles. The van der Waals surface area contributed by atoms with Crippen LogP contribution in [0, 0.1) is 0 Å². The minimum Gasteiger partial charge on any atom is -0.439 e. The SMILES string of the molecule is CCc1cccc(Oc2cccc(Br)n2)c1. The van der Waals surface area contributed by atoms with E-state index < -0.39 is 0 Å². The molecule has 0 unspecified atom stereocenters. The van der Waals surface area contributed by atoms with Crippen LogP contribution in [0.5, 0.6) is 11.6 Å². The fourth-order valence-electron chi connectivity index (χ4n) is 1.40. The minimum absolute atomic E-state index is 0.600. The standard InChI is InChI=1S/C13H12BrNO/c1-2-10-5-3-6-11(9-10)16-13-8-4-7-12(14)15-13/h3-9H,2H2,1H3. The van der Waals surface area contributed by atoms with Crippen LogP contribution >= 0.6 is 15.9 Å². The maximum atomic E-state index is 5.66. The zero-order chi connectivity index (χ0) is 11.4. The molecule has 0 amide bonds. The van der Waals surface area contributed by atoms with Crippen LogP contribution in [0.15, 0.2) is 47.1 Å². The molecule has 3 heteroatoms. The van der Waals surface area contributed by atoms with Gasteiger partial charge in [-0.15, -0.1) is 0 Å². The average Bonchev–Trinajstić information content (AvgIpc) is 2.29. The third kappa shape index (κ3) is 2.83. The van der Waals surface area contributed by atoms with E-state index in [1.165, 1.54) is 5.56 Å². The van der Waals surface area contributed by atoms with Crippen molar-refractivity contribution in [3.8, 4) is 11.6 Å². The number of hydrogen-bond donors (Lipinski definition) is 0. The van der Waals surface area contributed by atoms with E-state index in [1.54, 1.807) is 0 Å². The van der Waals surface area contributed by atoms with Crippen molar-refractivity contribution < 1.29 is 4.74 Å². The summed E-state index contributed by atoms with van der Waals surface area (Å²) < 4.78 is 6.44. The Morgan fingerprint density at radius 1 is 1.19 bits per heavy atom. The minimum atomic E-state index is 0.600. The van der Waals surface area contributed by atoms with E-state index in [9.17, 15) is 0 Å². The first-order valence-corrected chi connectivity index (χ1v) is 5.96. The normalized spacial score (nSPS) is 10.1. The van der Waals surface area contributed by atoms with Crippen LogP contribution in [0.1, 0.15) is 12.5 Å². The lowest BCUT2D eigenvalue weighted by Crippen LogP contribution is -1.89. The number of ether oxygens (including phenoxy) is 1. The van der Waals surface area contributed by atoms with Gasteiger partial charge in [0.05, 0.1) is 0 Å². The van der Waals surface area contributed by atoms with E-state index in [-0.39, 0.29) is 0 Å². The Hall–Kier alpha value is -1.35. The van der Waals surface area contributed by atoms with E-state index in [0.29, 0.717) is 5.88 Å². The van der Waals surface area contributed by atoms with Crippen LogP contribution in [0.2, 0.25) is 0 Å². The number of halogens is 1. The van der Waals surface area contributed by atoms with Crippen molar-refractivity contribution in [2.75, 3.05) is 0 Å². The molecule has 0 N–H and O–H groups in total. The Labute approximate surface area is 103 Å². The lowest BCUT2D eigenvalue weighted by atomic mass is 10.2. The van der Waals surface area contributed by atoms with Crippen molar-refractivity contribution in [2.24, 2.45) is 0 Å². The smallest absolute Gasteiger partial charge is 0.220 e. The average molecular weight is 278 g/mol. The molecule has 0 saturated carbocycles. The molecule has 1 aromatic carbocycles. The molecule has 0 spiro atoms. The quantitative estimate of drug-likeness (QED) is 0.785. The molecule has 0 aliphatic heterocycles. The summed E-state index contributed by atoms with van der Waals surface area (Å²) in [6.45, 7) is 2.12. The summed E-state index contributed by atoms with van der Waals surface area (Å²) in [4.78, 5) is 4.22. The van der Waals surface area contributed by atoms with Crippen LogP contribution in [-0.4, -0.2) is 4.98 Å². The van der Waals surface area contributed by atoms with Gasteiger partial charge < -0.3 is 4.74 Å². The topological polar surface area (TPSA) is 22.1 Å². The van der Waals surface area contributed by atoms with Gasteiger partial charge in [-0.1, -0.05) is 25.1 Å². The Morgan fingerprint density at radius 2 is 2.00 bits per heavy atom. The van der Waals surface area contributed by atoms with Crippen LogP contribution in [0.25, 0.3) is 0 Å². The molecule has 0 aliphatic rings. The molecule has 0 atom stereocenters. The van der Waals surface area contributed by atoms with Gasteiger partial charge in [0.15, 0.2) is 0 Å². The molecule has 0 fully saturated rings. The van der Waals surface area contributed by atoms with Gasteiger partial charge in [0.25, 0.3) is 0 Å². The maximum absolute atomic E-state index is 5.66. The predicted octanol–water partition coefficient (Wildman–Crippen LogP) is 4.20. The Balaban J connectivity index is 2.20. The van der Waals surface area contributed by atoms with E-state index in [1.807, 2.05) is 36.4 Å². The second-order valence-electron chi connectivity index (χ2n) is 3.40. The third-order valence-electron chi connectivity index (χ3n) is 2.22. The summed E-state index contributed by atoms with van der Waals surface area (Å²) in [5.74, 6) is 1.42. The number of nitrogens with zero attached hydrogens (tertiary/aromatic N) is 1. The van der Waals surface area contributed by atoms with E-state index in [4.69, 9.17) is 4.74 Å². The van der Waals surface area contributed by atoms with Gasteiger partial charge in [-0.05, 0) is 46.1 Å². The highest BCUT2D eigenvalue weighted by Crippen LogP contribution is 2.21. The first kappa shape index (κ1) is 11.1. The molecule has 1 aromatic heterocycles. The summed E-state index contributed by atoms with van der Waals surface area (Å²) >= 11 is 3.31. The van der Waals surface area contributed by atoms with Gasteiger partial charge in [-0.2, -0.15) is 0 Å². The van der Waals surface area contributed by atoms with E-state index >= 15 is 0 Å². The first-order chi connectivity index (χ1) is 7.78. The van der Waals surface area contributed by atoms with Crippen LogP contribution < -0.4 is 4.74 Å². The van der Waals surface area contributed by atoms with Gasteiger partial charge in [0.2, 0.25) is 5.88 Å². The zero-order valence-corrected chi connectivity index (χ0v) is 10.6. The number of pyridine rings is 1. The summed E-state index contributed by atoms with van der Waals surface area (Å²) in [5, 5.41) is 0. The maximum Gasteiger partial charge on any atom is 0.220 e. The Bertz CT molecular complexity index is 485. The fraction of sp³-hybridized carbons (Fsp3) is 0.154. The number of hydrogen-bond acceptors (Lipinski definition) is 2. The van der Waals surface area contributed by atoms with Crippen molar-refractivity contribution in [2.45, 2.75) is 13.3 Å². The van der Waals surface area contributed by atoms with Gasteiger partial charge in [0, 0.05) is 6.07 Å². The number of benzene rings is 1. The molecule has 82 valence electrons. The second-order valence-corrected chi connectivity index (χ2v) is 4.21. The highest BCUT2D eigenvalue weighted by atomic mass is 79.9. The van der Waals surface area contributed by atoms with Gasteiger partial charge in [-0.3, -0.25) is 0 Å². The van der Waals surface area contributed by atoms with Gasteiger partial charge in [0.1, 0.15) is 10.4 Å². The molecule has 0 bridgehead atoms. The molecular weight excluding hydrogens is 266 g/mol. The summed E-state index contributed by atoms with van der Waals surface area (Å²) in [5.41, 5.74) is 1.26. The first-order valence-electron chi connectivity index (χ1n) is 5.17. The van der Waals surface area contributed by atoms with E-state index in [0.717, 1.165) is 16.8 Å². The van der Waals surface area contributed by atoms with Crippen molar-refractivity contribution in [3.05, 3.63) is 52.6 Å². The second kappa shape index (κ2) is 5.12. The van der Waals surface area contributed by atoms with E-state index in [2.05, 4.69) is 33.9 Å². The summed E-state index contributed by atoms with van der Waals surface area (Å²) in [6, 6.07) is 13.6. The molecule has 0 aliphatic carbocycles.